The Hall–Kier alpha value is -3.84. The molecule has 1 heterocycles. The van der Waals surface area contributed by atoms with Gasteiger partial charge in [-0.05, 0) is 54.9 Å². The number of nitrogens with zero attached hydrogens (tertiary/aromatic N) is 2. The molecule has 2 aromatic carbocycles. The normalized spacial score (nSPS) is 11.9. The van der Waals surface area contributed by atoms with Crippen LogP contribution in [-0.4, -0.2) is 50.1 Å². The number of halogens is 3. The fraction of sp³-hybridized carbons (Fsp3) is 0.320. The van der Waals surface area contributed by atoms with Crippen LogP contribution >= 0.6 is 11.3 Å². The number of hydrogen-bond acceptors (Lipinski definition) is 7. The molecule has 13 heteroatoms. The lowest BCUT2D eigenvalue weighted by atomic mass is 10.1. The Labute approximate surface area is 220 Å². The molecule has 0 unspecified atom stereocenters. The smallest absolute Gasteiger partial charge is 0.497 e. The second-order valence-electron chi connectivity index (χ2n) is 7.93. The number of nitrogens with two attached hydrogens (primary N) is 1. The van der Waals surface area contributed by atoms with Gasteiger partial charge in [0.1, 0.15) is 17.2 Å². The van der Waals surface area contributed by atoms with Gasteiger partial charge in [0.25, 0.3) is 5.91 Å². The molecule has 204 valence electrons. The van der Waals surface area contributed by atoms with Crippen molar-refractivity contribution in [3.63, 3.8) is 0 Å². The molecule has 0 radical (unpaired) electrons. The van der Waals surface area contributed by atoms with Crippen molar-refractivity contribution in [1.82, 2.24) is 9.88 Å². The molecule has 0 bridgehead atoms. The summed E-state index contributed by atoms with van der Waals surface area (Å²) in [6.07, 6.45) is -3.97. The van der Waals surface area contributed by atoms with Crippen molar-refractivity contribution in [2.45, 2.75) is 25.7 Å². The molecular formula is C25H27F3N4O5S. The van der Waals surface area contributed by atoms with E-state index in [1.54, 1.807) is 23.6 Å². The molecule has 38 heavy (non-hydrogen) atoms. The van der Waals surface area contributed by atoms with Crippen molar-refractivity contribution in [3.8, 4) is 28.5 Å². The summed E-state index contributed by atoms with van der Waals surface area (Å²) in [5.74, 6) is -0.443. The van der Waals surface area contributed by atoms with Gasteiger partial charge >= 0.3 is 6.36 Å². The Bertz CT molecular complexity index is 1320. The number of amides is 2. The molecule has 1 aromatic heterocycles. The van der Waals surface area contributed by atoms with Crippen LogP contribution in [0.2, 0.25) is 0 Å². The molecule has 3 N–H and O–H groups in total. The fourth-order valence-corrected chi connectivity index (χ4v) is 4.45. The first kappa shape index (κ1) is 28.7. The van der Waals surface area contributed by atoms with Crippen LogP contribution in [0.4, 0.5) is 13.2 Å². The minimum atomic E-state index is -4.79. The Morgan fingerprint density at radius 2 is 1.76 bits per heavy atom. The quantitative estimate of drug-likeness (QED) is 0.331. The second kappa shape index (κ2) is 13.1. The molecular weight excluding hydrogens is 525 g/mol. The third-order valence-corrected chi connectivity index (χ3v) is 6.16. The highest BCUT2D eigenvalue weighted by atomic mass is 32.1. The van der Waals surface area contributed by atoms with Crippen molar-refractivity contribution in [1.29, 1.82) is 0 Å². The summed E-state index contributed by atoms with van der Waals surface area (Å²) in [5, 5.41) is 4.90. The zero-order chi connectivity index (χ0) is 27.7. The summed E-state index contributed by atoms with van der Waals surface area (Å²) >= 11 is 1.22. The van der Waals surface area contributed by atoms with Crippen molar-refractivity contribution in [2.75, 3.05) is 27.3 Å². The lowest BCUT2D eigenvalue weighted by Gasteiger charge is -2.12. The van der Waals surface area contributed by atoms with Gasteiger partial charge in [0.2, 0.25) is 5.91 Å². The largest absolute Gasteiger partial charge is 0.573 e. The summed E-state index contributed by atoms with van der Waals surface area (Å²) in [7, 11) is 2.94. The van der Waals surface area contributed by atoms with Crippen molar-refractivity contribution in [2.24, 2.45) is 10.7 Å². The highest BCUT2D eigenvalue weighted by Crippen LogP contribution is 2.28. The molecule has 0 fully saturated rings. The first-order valence-electron chi connectivity index (χ1n) is 11.5. The number of alkyl halides is 3. The zero-order valence-corrected chi connectivity index (χ0v) is 21.5. The van der Waals surface area contributed by atoms with Gasteiger partial charge < -0.3 is 29.8 Å². The van der Waals surface area contributed by atoms with Gasteiger partial charge in [-0.3, -0.25) is 9.59 Å². The van der Waals surface area contributed by atoms with E-state index in [1.807, 2.05) is 4.57 Å². The van der Waals surface area contributed by atoms with E-state index < -0.39 is 18.2 Å². The molecule has 0 saturated heterocycles. The predicted molar refractivity (Wildman–Crippen MR) is 135 cm³/mol. The molecule has 3 aromatic rings. The second-order valence-corrected chi connectivity index (χ2v) is 8.77. The van der Waals surface area contributed by atoms with Crippen LogP contribution in [0, 0.1) is 0 Å². The molecule has 9 nitrogen and oxygen atoms in total. The van der Waals surface area contributed by atoms with Crippen LogP contribution in [0.3, 0.4) is 0 Å². The van der Waals surface area contributed by atoms with E-state index in [-0.39, 0.29) is 17.7 Å². The Morgan fingerprint density at radius 3 is 2.39 bits per heavy atom. The van der Waals surface area contributed by atoms with E-state index >= 15 is 0 Å². The van der Waals surface area contributed by atoms with E-state index in [2.05, 4.69) is 15.0 Å². The highest BCUT2D eigenvalue weighted by Gasteiger charge is 2.31. The summed E-state index contributed by atoms with van der Waals surface area (Å²) < 4.78 is 53.9. The third kappa shape index (κ3) is 8.08. The molecule has 0 atom stereocenters. The maximum Gasteiger partial charge on any atom is 0.573 e. The van der Waals surface area contributed by atoms with Crippen molar-refractivity contribution >= 4 is 23.2 Å². The Morgan fingerprint density at radius 1 is 1.05 bits per heavy atom. The monoisotopic (exact) mass is 552 g/mol. The van der Waals surface area contributed by atoms with Crippen LogP contribution in [0.1, 0.15) is 23.2 Å². The lowest BCUT2D eigenvalue weighted by Crippen LogP contribution is -2.25. The molecule has 0 aliphatic carbocycles. The van der Waals surface area contributed by atoms with E-state index in [0.29, 0.717) is 53.6 Å². The fourth-order valence-electron chi connectivity index (χ4n) is 3.51. The maximum absolute atomic E-state index is 13.1. The summed E-state index contributed by atoms with van der Waals surface area (Å²) in [6.45, 7) is 1.44. The minimum absolute atomic E-state index is 0.210. The number of hydrogen-bond donors (Lipinski definition) is 2. The maximum atomic E-state index is 13.1. The number of ether oxygens (including phenoxy) is 3. The van der Waals surface area contributed by atoms with Gasteiger partial charge in [0, 0.05) is 31.0 Å². The number of benzene rings is 2. The molecule has 0 spiro atoms. The van der Waals surface area contributed by atoms with Crippen LogP contribution in [0.5, 0.6) is 17.2 Å². The standard InChI is InChI=1S/C25H27F3N4O5S/c1-35-18-8-9-19(21(14-18)36-2)23(34)31-24-32(13-3-11-30-12-10-22(29)33)20(15-38-24)16-4-6-17(7-5-16)37-25(26,27)28/h4-9,14-15,30H,3,10-13H2,1-2H3,(H2,29,33). The lowest BCUT2D eigenvalue weighted by molar-refractivity contribution is -0.274. The van der Waals surface area contributed by atoms with Gasteiger partial charge in [0.05, 0.1) is 25.5 Å². The number of aromatic nitrogens is 1. The van der Waals surface area contributed by atoms with Crippen LogP contribution in [0.15, 0.2) is 52.8 Å². The van der Waals surface area contributed by atoms with Gasteiger partial charge in [-0.2, -0.15) is 4.99 Å². The van der Waals surface area contributed by atoms with Crippen molar-refractivity contribution in [3.05, 3.63) is 58.2 Å². The Kier molecular flexibility index (Phi) is 9.91. The van der Waals surface area contributed by atoms with Crippen molar-refractivity contribution < 1.29 is 37.0 Å². The molecule has 0 saturated carbocycles. The number of primary amides is 1. The summed E-state index contributed by atoms with van der Waals surface area (Å²) in [5.41, 5.74) is 6.68. The number of methoxy groups -OCH3 is 2. The van der Waals surface area contributed by atoms with Gasteiger partial charge in [0.15, 0.2) is 4.80 Å². The van der Waals surface area contributed by atoms with Gasteiger partial charge in [-0.1, -0.05) is 0 Å². The number of thiazole rings is 1. The molecule has 2 amide bonds. The molecule has 0 aliphatic heterocycles. The number of carbonyl (C=O) groups is 2. The summed E-state index contributed by atoms with van der Waals surface area (Å²) in [6, 6.07) is 10.2. The van der Waals surface area contributed by atoms with Gasteiger partial charge in [-0.25, -0.2) is 0 Å². The minimum Gasteiger partial charge on any atom is -0.497 e. The van der Waals surface area contributed by atoms with E-state index in [1.165, 1.54) is 49.8 Å². The SMILES string of the molecule is COc1ccc(C(=O)N=c2scc(-c3ccc(OC(F)(F)F)cc3)n2CCCNCCC(N)=O)c(OC)c1. The van der Waals surface area contributed by atoms with E-state index in [0.717, 1.165) is 0 Å². The van der Waals surface area contributed by atoms with Crippen LogP contribution in [0.25, 0.3) is 11.3 Å². The zero-order valence-electron chi connectivity index (χ0n) is 20.7. The van der Waals surface area contributed by atoms with E-state index in [4.69, 9.17) is 15.2 Å². The number of nitrogens with one attached hydrogen (secondary N) is 1. The predicted octanol–water partition coefficient (Wildman–Crippen LogP) is 3.73. The topological polar surface area (TPSA) is 117 Å². The number of rotatable bonds is 12. The van der Waals surface area contributed by atoms with Crippen LogP contribution in [-0.2, 0) is 11.3 Å². The average Bonchev–Trinajstić information content (AvgIpc) is 3.26. The van der Waals surface area contributed by atoms with Crippen LogP contribution < -0.4 is 30.1 Å². The highest BCUT2D eigenvalue weighted by molar-refractivity contribution is 7.07. The van der Waals surface area contributed by atoms with E-state index in [9.17, 15) is 22.8 Å². The molecule has 3 rings (SSSR count). The molecule has 0 aliphatic rings. The first-order chi connectivity index (χ1) is 18.1. The third-order valence-electron chi connectivity index (χ3n) is 5.30. The Balaban J connectivity index is 1.91. The average molecular weight is 553 g/mol. The number of carbonyl (C=O) groups excluding carboxylic acids is 2. The first-order valence-corrected chi connectivity index (χ1v) is 12.3. The van der Waals surface area contributed by atoms with Gasteiger partial charge in [-0.15, -0.1) is 24.5 Å². The summed E-state index contributed by atoms with van der Waals surface area (Å²) in [4.78, 5) is 28.7.